The molecule has 20 heavy (non-hydrogen) atoms. The van der Waals surface area contributed by atoms with Crippen LogP contribution in [0, 0.1) is 5.92 Å². The monoisotopic (exact) mass is 352 g/mol. The number of hydrogen-bond donors (Lipinski definition) is 2. The Kier molecular flexibility index (Phi) is 5.49. The van der Waals surface area contributed by atoms with Crippen LogP contribution in [0.2, 0.25) is 0 Å². The molecule has 0 aromatic heterocycles. The van der Waals surface area contributed by atoms with Crippen LogP contribution >= 0.6 is 15.9 Å². The average molecular weight is 353 g/mol. The molecule has 0 heterocycles. The number of halogens is 4. The van der Waals surface area contributed by atoms with E-state index < -0.39 is 17.3 Å². The molecular formula is C14H20BrF3N2. The lowest BCUT2D eigenvalue weighted by Gasteiger charge is -2.33. The van der Waals surface area contributed by atoms with E-state index in [2.05, 4.69) is 21.2 Å². The zero-order valence-electron chi connectivity index (χ0n) is 11.8. The number of alkyl halides is 3. The number of nitrogens with one attached hydrogen (secondary N) is 1. The summed E-state index contributed by atoms with van der Waals surface area (Å²) in [6.45, 7) is 6.14. The lowest BCUT2D eigenvalue weighted by atomic mass is 9.90. The van der Waals surface area contributed by atoms with Crippen molar-refractivity contribution >= 4 is 21.6 Å². The van der Waals surface area contributed by atoms with E-state index in [0.29, 0.717) is 16.8 Å². The molecule has 0 saturated heterocycles. The molecule has 0 spiro atoms. The maximum absolute atomic E-state index is 13.1. The van der Waals surface area contributed by atoms with Gasteiger partial charge in [-0.05, 0) is 37.5 Å². The molecule has 1 rings (SSSR count). The third kappa shape index (κ3) is 4.66. The zero-order chi connectivity index (χ0) is 15.6. The molecule has 3 N–H and O–H groups in total. The second-order valence-electron chi connectivity index (χ2n) is 5.68. The van der Waals surface area contributed by atoms with E-state index in [1.165, 1.54) is 6.07 Å². The standard InChI is InChI=1S/C14H20BrF3N2/c1-9(2)7-13(3,8-19)20-12-5-4-10(15)6-11(12)14(16,17)18/h4-6,9,20H,7-8,19H2,1-3H3. The molecule has 0 aliphatic carbocycles. The first kappa shape index (κ1) is 17.3. The summed E-state index contributed by atoms with van der Waals surface area (Å²) in [5.74, 6) is 0.334. The largest absolute Gasteiger partial charge is 0.418 e. The highest BCUT2D eigenvalue weighted by molar-refractivity contribution is 9.10. The van der Waals surface area contributed by atoms with Gasteiger partial charge in [0.2, 0.25) is 0 Å². The highest BCUT2D eigenvalue weighted by Crippen LogP contribution is 2.38. The Morgan fingerprint density at radius 2 is 1.90 bits per heavy atom. The molecule has 6 heteroatoms. The van der Waals surface area contributed by atoms with Crippen molar-refractivity contribution in [2.24, 2.45) is 11.7 Å². The Morgan fingerprint density at radius 3 is 2.35 bits per heavy atom. The number of hydrogen-bond acceptors (Lipinski definition) is 2. The molecule has 0 fully saturated rings. The molecule has 0 saturated carbocycles. The number of anilines is 1. The molecule has 0 radical (unpaired) electrons. The Hall–Kier alpha value is -0.750. The molecule has 114 valence electrons. The van der Waals surface area contributed by atoms with Crippen molar-refractivity contribution in [2.45, 2.75) is 38.9 Å². The van der Waals surface area contributed by atoms with E-state index in [1.807, 2.05) is 20.8 Å². The predicted octanol–water partition coefficient (Wildman–Crippen LogP) is 4.64. The van der Waals surface area contributed by atoms with Gasteiger partial charge in [-0.2, -0.15) is 13.2 Å². The van der Waals surface area contributed by atoms with Crippen LogP contribution < -0.4 is 11.1 Å². The normalized spacial score (nSPS) is 15.2. The number of rotatable bonds is 5. The van der Waals surface area contributed by atoms with Crippen LogP contribution in [0.25, 0.3) is 0 Å². The highest BCUT2D eigenvalue weighted by Gasteiger charge is 2.35. The van der Waals surface area contributed by atoms with E-state index in [9.17, 15) is 13.2 Å². The van der Waals surface area contributed by atoms with Crippen LogP contribution in [0.1, 0.15) is 32.8 Å². The first-order chi connectivity index (χ1) is 9.07. The van der Waals surface area contributed by atoms with Gasteiger partial charge in [0.1, 0.15) is 0 Å². The van der Waals surface area contributed by atoms with Crippen LogP contribution in [0.4, 0.5) is 18.9 Å². The Morgan fingerprint density at radius 1 is 1.30 bits per heavy atom. The van der Waals surface area contributed by atoms with Crippen molar-refractivity contribution in [3.05, 3.63) is 28.2 Å². The minimum Gasteiger partial charge on any atom is -0.378 e. The van der Waals surface area contributed by atoms with Crippen molar-refractivity contribution in [1.29, 1.82) is 0 Å². The van der Waals surface area contributed by atoms with Crippen molar-refractivity contribution in [3.8, 4) is 0 Å². The number of nitrogens with two attached hydrogens (primary N) is 1. The lowest BCUT2D eigenvalue weighted by Crippen LogP contribution is -2.44. The Bertz CT molecular complexity index is 460. The van der Waals surface area contributed by atoms with Gasteiger partial charge >= 0.3 is 6.18 Å². The van der Waals surface area contributed by atoms with Crippen LogP contribution in [0.3, 0.4) is 0 Å². The Balaban J connectivity index is 3.14. The molecule has 1 atom stereocenters. The van der Waals surface area contributed by atoms with E-state index in [-0.39, 0.29) is 12.2 Å². The smallest absolute Gasteiger partial charge is 0.378 e. The summed E-state index contributed by atoms with van der Waals surface area (Å²) >= 11 is 3.07. The summed E-state index contributed by atoms with van der Waals surface area (Å²) in [6.07, 6.45) is -3.71. The SMILES string of the molecule is CC(C)CC(C)(CN)Nc1ccc(Br)cc1C(F)(F)F. The van der Waals surface area contributed by atoms with E-state index in [4.69, 9.17) is 5.73 Å². The van der Waals surface area contributed by atoms with E-state index in [1.54, 1.807) is 6.07 Å². The van der Waals surface area contributed by atoms with Crippen molar-refractivity contribution in [3.63, 3.8) is 0 Å². The lowest BCUT2D eigenvalue weighted by molar-refractivity contribution is -0.137. The summed E-state index contributed by atoms with van der Waals surface area (Å²) in [6, 6.07) is 4.10. The zero-order valence-corrected chi connectivity index (χ0v) is 13.4. The van der Waals surface area contributed by atoms with E-state index in [0.717, 1.165) is 6.07 Å². The van der Waals surface area contributed by atoms with Gasteiger partial charge in [0, 0.05) is 22.2 Å². The molecule has 2 nitrogen and oxygen atoms in total. The van der Waals surface area contributed by atoms with Gasteiger partial charge in [-0.3, -0.25) is 0 Å². The minimum atomic E-state index is -4.40. The van der Waals surface area contributed by atoms with Crippen LogP contribution in [-0.2, 0) is 6.18 Å². The maximum Gasteiger partial charge on any atom is 0.418 e. The quantitative estimate of drug-likeness (QED) is 0.809. The van der Waals surface area contributed by atoms with Crippen LogP contribution in [0.15, 0.2) is 22.7 Å². The molecule has 0 aliphatic heterocycles. The molecule has 1 aromatic rings. The molecule has 0 bridgehead atoms. The van der Waals surface area contributed by atoms with Gasteiger partial charge in [-0.15, -0.1) is 0 Å². The molecule has 0 amide bonds. The third-order valence-electron chi connectivity index (χ3n) is 3.03. The second-order valence-corrected chi connectivity index (χ2v) is 6.59. The molecule has 1 aromatic carbocycles. The number of benzene rings is 1. The Labute approximate surface area is 126 Å². The van der Waals surface area contributed by atoms with Gasteiger partial charge < -0.3 is 11.1 Å². The average Bonchev–Trinajstić information content (AvgIpc) is 2.29. The van der Waals surface area contributed by atoms with Crippen LogP contribution in [-0.4, -0.2) is 12.1 Å². The van der Waals surface area contributed by atoms with E-state index >= 15 is 0 Å². The summed E-state index contributed by atoms with van der Waals surface area (Å²) in [7, 11) is 0. The van der Waals surface area contributed by atoms with Gasteiger partial charge in [-0.1, -0.05) is 29.8 Å². The van der Waals surface area contributed by atoms with Crippen molar-refractivity contribution in [2.75, 3.05) is 11.9 Å². The summed E-state index contributed by atoms with van der Waals surface area (Å²) in [5, 5.41) is 2.97. The van der Waals surface area contributed by atoms with Crippen LogP contribution in [0.5, 0.6) is 0 Å². The van der Waals surface area contributed by atoms with Crippen molar-refractivity contribution < 1.29 is 13.2 Å². The molecule has 1 unspecified atom stereocenters. The second kappa shape index (κ2) is 6.35. The van der Waals surface area contributed by atoms with Gasteiger partial charge in [0.25, 0.3) is 0 Å². The third-order valence-corrected chi connectivity index (χ3v) is 3.53. The molecular weight excluding hydrogens is 333 g/mol. The predicted molar refractivity (Wildman–Crippen MR) is 79.7 cm³/mol. The topological polar surface area (TPSA) is 38.0 Å². The fourth-order valence-corrected chi connectivity index (χ4v) is 2.63. The maximum atomic E-state index is 13.1. The van der Waals surface area contributed by atoms with Crippen molar-refractivity contribution in [1.82, 2.24) is 0 Å². The summed E-state index contributed by atoms with van der Waals surface area (Å²) < 4.78 is 39.6. The minimum absolute atomic E-state index is 0.0642. The summed E-state index contributed by atoms with van der Waals surface area (Å²) in [5.41, 5.74) is 4.55. The van der Waals surface area contributed by atoms with Gasteiger partial charge in [0.15, 0.2) is 0 Å². The molecule has 0 aliphatic rings. The first-order valence-electron chi connectivity index (χ1n) is 6.42. The fraction of sp³-hybridized carbons (Fsp3) is 0.571. The fourth-order valence-electron chi connectivity index (χ4n) is 2.27. The van der Waals surface area contributed by atoms with Gasteiger partial charge in [-0.25, -0.2) is 0 Å². The summed E-state index contributed by atoms with van der Waals surface area (Å²) in [4.78, 5) is 0. The highest BCUT2D eigenvalue weighted by atomic mass is 79.9. The van der Waals surface area contributed by atoms with Gasteiger partial charge in [0.05, 0.1) is 5.56 Å². The first-order valence-corrected chi connectivity index (χ1v) is 7.22.